The molecule has 6 heavy (non-hydrogen) atoms. The molecule has 0 bridgehead atoms. The summed E-state index contributed by atoms with van der Waals surface area (Å²) in [5.74, 6) is 0. The Bertz CT molecular complexity index is 28.0. The molecule has 0 aliphatic carbocycles. The van der Waals surface area contributed by atoms with Crippen LogP contribution in [0.2, 0.25) is 6.04 Å². The molecule has 0 saturated heterocycles. The third-order valence-electron chi connectivity index (χ3n) is 0.804. The van der Waals surface area contributed by atoms with Crippen molar-refractivity contribution in [1.29, 1.82) is 0 Å². The second kappa shape index (κ2) is 3.79. The van der Waals surface area contributed by atoms with E-state index in [1.54, 1.807) is 0 Å². The van der Waals surface area contributed by atoms with Crippen LogP contribution < -0.4 is 0 Å². The van der Waals surface area contributed by atoms with E-state index in [9.17, 15) is 0 Å². The molecule has 0 aromatic heterocycles. The highest BCUT2D eigenvalue weighted by Crippen LogP contribution is 1.76. The first kappa shape index (κ1) is 6.61. The fraction of sp³-hybridized carbons (Fsp3) is 0.500. The van der Waals surface area contributed by atoms with Crippen LogP contribution in [-0.2, 0) is 0 Å². The fourth-order valence-corrected chi connectivity index (χ4v) is 5.51. The molecular formula is C2H11OSi3. The van der Waals surface area contributed by atoms with Gasteiger partial charge in [0.1, 0.15) is 8.56 Å². The average molecular weight is 135 g/mol. The Kier molecular flexibility index (Phi) is 4.17. The molecule has 1 unspecified atom stereocenters. The maximum absolute atomic E-state index is 8.84. The highest BCUT2D eigenvalue weighted by Gasteiger charge is 1.95. The lowest BCUT2D eigenvalue weighted by Gasteiger charge is -1.94. The van der Waals surface area contributed by atoms with Crippen molar-refractivity contribution in [3.8, 4) is 0 Å². The minimum Gasteiger partial charge on any atom is -0.439 e. The van der Waals surface area contributed by atoms with Gasteiger partial charge >= 0.3 is 0 Å². The molecule has 1 N–H and O–H groups in total. The number of rotatable bonds is 2. The molecule has 37 valence electrons. The van der Waals surface area contributed by atoms with Crippen molar-refractivity contribution in [3.63, 3.8) is 0 Å². The first-order chi connectivity index (χ1) is 2.81. The zero-order valence-corrected chi connectivity index (χ0v) is 8.71. The summed E-state index contributed by atoms with van der Waals surface area (Å²) in [5, 5.41) is 0. The van der Waals surface area contributed by atoms with Crippen molar-refractivity contribution in [1.82, 2.24) is 0 Å². The van der Waals surface area contributed by atoms with Crippen molar-refractivity contribution >= 4 is 26.9 Å². The van der Waals surface area contributed by atoms with Crippen LogP contribution in [0.4, 0.5) is 0 Å². The van der Waals surface area contributed by atoms with Crippen molar-refractivity contribution in [2.24, 2.45) is 0 Å². The average Bonchev–Trinajstić information content (AvgIpc) is 1.65. The van der Waals surface area contributed by atoms with Crippen molar-refractivity contribution in [2.75, 3.05) is 0 Å². The predicted octanol–water partition coefficient (Wildman–Crippen LogP) is -2.52. The van der Waals surface area contributed by atoms with E-state index in [0.29, 0.717) is 0 Å². The summed E-state index contributed by atoms with van der Waals surface area (Å²) in [6, 6.07) is 0.871. The van der Waals surface area contributed by atoms with Crippen LogP contribution in [0.3, 0.4) is 0 Å². The largest absolute Gasteiger partial charge is 0.439 e. The zero-order valence-electron chi connectivity index (χ0n) is 4.15. The molecular weight excluding hydrogens is 124 g/mol. The quantitative estimate of drug-likeness (QED) is 0.415. The van der Waals surface area contributed by atoms with Gasteiger partial charge in [-0.15, -0.1) is 0 Å². The molecule has 0 aromatic rings. The van der Waals surface area contributed by atoms with Crippen molar-refractivity contribution < 1.29 is 4.80 Å². The van der Waals surface area contributed by atoms with Crippen LogP contribution >= 0.6 is 0 Å². The van der Waals surface area contributed by atoms with Gasteiger partial charge in [0.15, 0.2) is 0 Å². The van der Waals surface area contributed by atoms with E-state index < -0.39 is 8.56 Å². The minimum absolute atomic E-state index is 0.109. The Morgan fingerprint density at radius 2 is 2.50 bits per heavy atom. The van der Waals surface area contributed by atoms with Crippen LogP contribution in [-0.4, -0.2) is 31.7 Å². The van der Waals surface area contributed by atoms with E-state index >= 15 is 0 Å². The molecule has 0 fully saturated rings. The molecule has 0 amide bonds. The molecule has 0 aromatic carbocycles. The number of hydrogen-bond acceptors (Lipinski definition) is 1. The van der Waals surface area contributed by atoms with Gasteiger partial charge in [-0.25, -0.2) is 0 Å². The van der Waals surface area contributed by atoms with Crippen molar-refractivity contribution in [2.45, 2.75) is 6.04 Å². The van der Waals surface area contributed by atoms with Gasteiger partial charge in [-0.1, -0.05) is 6.92 Å². The Balaban J connectivity index is 2.75. The molecule has 1 radical (unpaired) electrons. The van der Waals surface area contributed by atoms with E-state index in [1.807, 2.05) is 0 Å². The van der Waals surface area contributed by atoms with Crippen LogP contribution in [0.1, 0.15) is 0 Å². The second-order valence-electron chi connectivity index (χ2n) is 1.35. The Labute approximate surface area is 45.3 Å². The number of hydrogen-bond donors (Lipinski definition) is 1. The molecule has 1 nitrogen and oxygen atoms in total. The molecule has 0 rings (SSSR count). The molecule has 0 aliphatic heterocycles. The Hall–Kier alpha value is 0.611. The zero-order chi connectivity index (χ0) is 4.99. The summed E-state index contributed by atoms with van der Waals surface area (Å²) >= 11 is 0. The summed E-state index contributed by atoms with van der Waals surface area (Å²) in [4.78, 5) is 8.84. The van der Waals surface area contributed by atoms with Gasteiger partial charge in [0, 0.05) is 8.55 Å². The summed E-state index contributed by atoms with van der Waals surface area (Å²) in [5.41, 5.74) is 0. The van der Waals surface area contributed by atoms with Crippen LogP contribution in [0, 0.1) is 6.92 Å². The highest BCUT2D eigenvalue weighted by molar-refractivity contribution is 7.28. The van der Waals surface area contributed by atoms with Gasteiger partial charge in [-0.2, -0.15) is 0 Å². The van der Waals surface area contributed by atoms with Gasteiger partial charge in [-0.05, 0) is 15.8 Å². The van der Waals surface area contributed by atoms with E-state index in [4.69, 9.17) is 4.80 Å². The van der Waals surface area contributed by atoms with E-state index in [1.165, 1.54) is 9.76 Å². The first-order valence-corrected chi connectivity index (χ1v) is 12.5. The third-order valence-corrected chi connectivity index (χ3v) is 14.9. The van der Waals surface area contributed by atoms with Gasteiger partial charge in [-0.3, -0.25) is 0 Å². The maximum atomic E-state index is 8.84. The van der Waals surface area contributed by atoms with E-state index in [0.717, 1.165) is 6.04 Å². The SMILES string of the molecule is [CH2]C[SiH](O)[SiH2][SiH3]. The molecule has 0 aliphatic rings. The van der Waals surface area contributed by atoms with Crippen LogP contribution in [0.25, 0.3) is 0 Å². The molecule has 0 heterocycles. The Morgan fingerprint density at radius 1 is 2.00 bits per heavy atom. The summed E-state index contributed by atoms with van der Waals surface area (Å²) in [6.07, 6.45) is 0. The van der Waals surface area contributed by atoms with Gasteiger partial charge in [0.2, 0.25) is 0 Å². The molecule has 1 atom stereocenters. The molecule has 0 spiro atoms. The van der Waals surface area contributed by atoms with Gasteiger partial charge < -0.3 is 4.80 Å². The van der Waals surface area contributed by atoms with E-state index in [-0.39, 0.29) is 8.55 Å². The van der Waals surface area contributed by atoms with Crippen molar-refractivity contribution in [3.05, 3.63) is 6.92 Å². The van der Waals surface area contributed by atoms with Crippen LogP contribution in [0.5, 0.6) is 0 Å². The fourth-order valence-electron chi connectivity index (χ4n) is 0.204. The summed E-state index contributed by atoms with van der Waals surface area (Å²) < 4.78 is 0. The first-order valence-electron chi connectivity index (χ1n) is 2.28. The van der Waals surface area contributed by atoms with Gasteiger partial charge in [0.05, 0.1) is 0 Å². The van der Waals surface area contributed by atoms with Gasteiger partial charge in [0.25, 0.3) is 0 Å². The maximum Gasteiger partial charge on any atom is 0.150 e. The highest BCUT2D eigenvalue weighted by atomic mass is 29.5. The topological polar surface area (TPSA) is 20.2 Å². The smallest absolute Gasteiger partial charge is 0.150 e. The van der Waals surface area contributed by atoms with Crippen LogP contribution in [0.15, 0.2) is 0 Å². The second-order valence-corrected chi connectivity index (χ2v) is 16.7. The normalized spacial score (nSPS) is 17.0. The van der Waals surface area contributed by atoms with E-state index in [2.05, 4.69) is 6.92 Å². The Morgan fingerprint density at radius 3 is 2.50 bits per heavy atom. The summed E-state index contributed by atoms with van der Waals surface area (Å²) in [7, 11) is 0.331. The lowest BCUT2D eigenvalue weighted by Crippen LogP contribution is -2.20. The lowest BCUT2D eigenvalue weighted by molar-refractivity contribution is 0.596. The molecule has 0 saturated carbocycles. The summed E-state index contributed by atoms with van der Waals surface area (Å²) in [6.45, 7) is 3.63. The lowest BCUT2D eigenvalue weighted by atomic mass is 11.0. The third kappa shape index (κ3) is 2.83. The minimum atomic E-state index is -1.07. The predicted molar refractivity (Wildman–Crippen MR) is 38.0 cm³/mol. The monoisotopic (exact) mass is 135 g/mol. The standard InChI is InChI=1S/C2H11OSi3/c1-2-6(3)5-4/h3,6H,1-2,5H2,4H3. The molecule has 4 heteroatoms.